The second-order valence-electron chi connectivity index (χ2n) is 3.10. The molecule has 1 amide bonds. The van der Waals surface area contributed by atoms with Gasteiger partial charge in [0.25, 0.3) is 0 Å². The molecule has 4 heteroatoms. The third-order valence-corrected chi connectivity index (χ3v) is 1.84. The smallest absolute Gasteiger partial charge is 0.227 e. The van der Waals surface area contributed by atoms with Crippen LogP contribution < -0.4 is 5.32 Å². The molecule has 3 nitrogen and oxygen atoms in total. The minimum Gasteiger partial charge on any atom is -0.454 e. The maximum atomic E-state index is 11.2. The standard InChI is InChI=1S/C9H12BrNO2/c1-6(2)11-9(12)5-7-3-4-8(10)13-7/h3-4,6H,5H2,1-2H3,(H,11,12). The summed E-state index contributed by atoms with van der Waals surface area (Å²) in [5, 5.41) is 2.79. The van der Waals surface area contributed by atoms with Crippen molar-refractivity contribution >= 4 is 21.8 Å². The lowest BCUT2D eigenvalue weighted by Gasteiger charge is -2.06. The number of amides is 1. The van der Waals surface area contributed by atoms with Gasteiger partial charge in [0.15, 0.2) is 4.67 Å². The first-order valence-electron chi connectivity index (χ1n) is 4.11. The van der Waals surface area contributed by atoms with E-state index < -0.39 is 0 Å². The number of rotatable bonds is 3. The van der Waals surface area contributed by atoms with Crippen LogP contribution in [0.15, 0.2) is 21.2 Å². The molecule has 0 aliphatic rings. The van der Waals surface area contributed by atoms with Gasteiger partial charge in [-0.25, -0.2) is 0 Å². The van der Waals surface area contributed by atoms with Crippen molar-refractivity contribution in [2.24, 2.45) is 0 Å². The van der Waals surface area contributed by atoms with Gasteiger partial charge in [0.1, 0.15) is 5.76 Å². The summed E-state index contributed by atoms with van der Waals surface area (Å²) in [7, 11) is 0. The molecule has 1 rings (SSSR count). The average Bonchev–Trinajstić information content (AvgIpc) is 2.33. The first-order valence-corrected chi connectivity index (χ1v) is 4.91. The van der Waals surface area contributed by atoms with Crippen LogP contribution in [0.5, 0.6) is 0 Å². The van der Waals surface area contributed by atoms with Crippen molar-refractivity contribution in [1.82, 2.24) is 5.32 Å². The topological polar surface area (TPSA) is 42.2 Å². The normalized spacial score (nSPS) is 10.5. The van der Waals surface area contributed by atoms with E-state index in [9.17, 15) is 4.79 Å². The van der Waals surface area contributed by atoms with Crippen molar-refractivity contribution in [2.75, 3.05) is 0 Å². The minimum absolute atomic E-state index is 0.0168. The maximum absolute atomic E-state index is 11.2. The molecule has 1 aromatic rings. The third kappa shape index (κ3) is 3.63. The highest BCUT2D eigenvalue weighted by molar-refractivity contribution is 9.10. The SMILES string of the molecule is CC(C)NC(=O)Cc1ccc(Br)o1. The lowest BCUT2D eigenvalue weighted by atomic mass is 10.3. The molecule has 0 unspecified atom stereocenters. The van der Waals surface area contributed by atoms with Gasteiger partial charge >= 0.3 is 0 Å². The van der Waals surface area contributed by atoms with E-state index in [1.807, 2.05) is 13.8 Å². The van der Waals surface area contributed by atoms with Crippen LogP contribution in [-0.2, 0) is 11.2 Å². The fourth-order valence-corrected chi connectivity index (χ4v) is 1.32. The molecule has 13 heavy (non-hydrogen) atoms. The van der Waals surface area contributed by atoms with E-state index in [2.05, 4.69) is 21.2 Å². The number of halogens is 1. The number of carbonyl (C=O) groups excluding carboxylic acids is 1. The quantitative estimate of drug-likeness (QED) is 0.887. The largest absolute Gasteiger partial charge is 0.454 e. The van der Waals surface area contributed by atoms with Crippen LogP contribution in [0.4, 0.5) is 0 Å². The zero-order valence-corrected chi connectivity index (χ0v) is 9.22. The van der Waals surface area contributed by atoms with E-state index in [1.165, 1.54) is 0 Å². The Bertz CT molecular complexity index is 294. The van der Waals surface area contributed by atoms with Gasteiger partial charge in [0.2, 0.25) is 5.91 Å². The van der Waals surface area contributed by atoms with Crippen LogP contribution in [0.25, 0.3) is 0 Å². The maximum Gasteiger partial charge on any atom is 0.227 e. The molecule has 1 aromatic heterocycles. The summed E-state index contributed by atoms with van der Waals surface area (Å²) in [5.74, 6) is 0.655. The number of hydrogen-bond donors (Lipinski definition) is 1. The Morgan fingerprint density at radius 2 is 2.31 bits per heavy atom. The highest BCUT2D eigenvalue weighted by Crippen LogP contribution is 2.14. The summed E-state index contributed by atoms with van der Waals surface area (Å²) in [5.41, 5.74) is 0. The molecular formula is C9H12BrNO2. The molecule has 0 fully saturated rings. The van der Waals surface area contributed by atoms with Crippen molar-refractivity contribution in [2.45, 2.75) is 26.3 Å². The zero-order valence-electron chi connectivity index (χ0n) is 7.63. The predicted octanol–water partition coefficient (Wildman–Crippen LogP) is 2.11. The van der Waals surface area contributed by atoms with Crippen molar-refractivity contribution in [1.29, 1.82) is 0 Å². The highest BCUT2D eigenvalue weighted by Gasteiger charge is 2.07. The van der Waals surface area contributed by atoms with Crippen molar-refractivity contribution < 1.29 is 9.21 Å². The second-order valence-corrected chi connectivity index (χ2v) is 3.89. The Morgan fingerprint density at radius 3 is 2.77 bits per heavy atom. The van der Waals surface area contributed by atoms with Gasteiger partial charge in [-0.3, -0.25) is 4.79 Å². The second kappa shape index (κ2) is 4.46. The lowest BCUT2D eigenvalue weighted by molar-refractivity contribution is -0.121. The third-order valence-electron chi connectivity index (χ3n) is 1.41. The molecule has 1 N–H and O–H groups in total. The van der Waals surface area contributed by atoms with E-state index >= 15 is 0 Å². The van der Waals surface area contributed by atoms with Crippen molar-refractivity contribution in [3.05, 3.63) is 22.6 Å². The molecule has 0 aliphatic heterocycles. The molecule has 0 atom stereocenters. The minimum atomic E-state index is -0.0168. The summed E-state index contributed by atoms with van der Waals surface area (Å²) in [6, 6.07) is 3.73. The van der Waals surface area contributed by atoms with Crippen LogP contribution in [0.1, 0.15) is 19.6 Å². The number of furan rings is 1. The molecule has 0 radical (unpaired) electrons. The fourth-order valence-electron chi connectivity index (χ4n) is 0.978. The van der Waals surface area contributed by atoms with E-state index in [1.54, 1.807) is 12.1 Å². The number of carbonyl (C=O) groups is 1. The Balaban J connectivity index is 2.45. The van der Waals surface area contributed by atoms with Crippen LogP contribution in [-0.4, -0.2) is 11.9 Å². The molecule has 0 saturated heterocycles. The first-order chi connectivity index (χ1) is 6.08. The Hall–Kier alpha value is -0.770. The predicted molar refractivity (Wildman–Crippen MR) is 53.4 cm³/mol. The van der Waals surface area contributed by atoms with Gasteiger partial charge < -0.3 is 9.73 Å². The van der Waals surface area contributed by atoms with Gasteiger partial charge in [0, 0.05) is 6.04 Å². The van der Waals surface area contributed by atoms with E-state index in [0.29, 0.717) is 16.9 Å². The van der Waals surface area contributed by atoms with Crippen LogP contribution in [0.3, 0.4) is 0 Å². The zero-order chi connectivity index (χ0) is 9.84. The summed E-state index contributed by atoms with van der Waals surface area (Å²) < 4.78 is 5.84. The Labute approximate surface area is 85.6 Å². The van der Waals surface area contributed by atoms with Gasteiger partial charge in [-0.05, 0) is 41.9 Å². The van der Waals surface area contributed by atoms with Crippen LogP contribution in [0.2, 0.25) is 0 Å². The molecular weight excluding hydrogens is 234 g/mol. The number of hydrogen-bond acceptors (Lipinski definition) is 2. The Morgan fingerprint density at radius 1 is 1.62 bits per heavy atom. The van der Waals surface area contributed by atoms with Gasteiger partial charge in [0.05, 0.1) is 6.42 Å². The molecule has 0 aromatic carbocycles. The summed E-state index contributed by atoms with van der Waals surface area (Å²) in [4.78, 5) is 11.2. The highest BCUT2D eigenvalue weighted by atomic mass is 79.9. The van der Waals surface area contributed by atoms with E-state index in [4.69, 9.17) is 4.42 Å². The lowest BCUT2D eigenvalue weighted by Crippen LogP contribution is -2.31. The molecule has 0 bridgehead atoms. The molecule has 0 saturated carbocycles. The average molecular weight is 246 g/mol. The van der Waals surface area contributed by atoms with E-state index in [0.717, 1.165) is 0 Å². The van der Waals surface area contributed by atoms with Crippen LogP contribution >= 0.6 is 15.9 Å². The van der Waals surface area contributed by atoms with Crippen molar-refractivity contribution in [3.63, 3.8) is 0 Å². The van der Waals surface area contributed by atoms with Crippen LogP contribution in [0, 0.1) is 0 Å². The Kier molecular flexibility index (Phi) is 3.54. The van der Waals surface area contributed by atoms with Gasteiger partial charge in [-0.15, -0.1) is 0 Å². The number of nitrogens with one attached hydrogen (secondary N) is 1. The van der Waals surface area contributed by atoms with Gasteiger partial charge in [-0.1, -0.05) is 0 Å². The monoisotopic (exact) mass is 245 g/mol. The van der Waals surface area contributed by atoms with E-state index in [-0.39, 0.29) is 11.9 Å². The molecule has 72 valence electrons. The molecule has 0 spiro atoms. The summed E-state index contributed by atoms with van der Waals surface area (Å²) >= 11 is 3.17. The summed E-state index contributed by atoms with van der Waals surface area (Å²) in [6.07, 6.45) is 0.295. The van der Waals surface area contributed by atoms with Crippen molar-refractivity contribution in [3.8, 4) is 0 Å². The molecule has 1 heterocycles. The molecule has 0 aliphatic carbocycles. The summed E-state index contributed by atoms with van der Waals surface area (Å²) in [6.45, 7) is 3.85. The van der Waals surface area contributed by atoms with Gasteiger partial charge in [-0.2, -0.15) is 0 Å². The first kappa shape index (κ1) is 10.3. The fraction of sp³-hybridized carbons (Fsp3) is 0.444.